The molecule has 0 aliphatic rings. The van der Waals surface area contributed by atoms with Crippen molar-refractivity contribution in [3.8, 4) is 0 Å². The molecule has 0 aliphatic heterocycles. The Hall–Kier alpha value is -1.06. The van der Waals surface area contributed by atoms with E-state index in [4.69, 9.17) is 10.9 Å². The van der Waals surface area contributed by atoms with Crippen molar-refractivity contribution in [1.82, 2.24) is 0 Å². The first-order chi connectivity index (χ1) is 5.77. The van der Waals surface area contributed by atoms with E-state index in [1.165, 1.54) is 0 Å². The van der Waals surface area contributed by atoms with Gasteiger partial charge in [-0.2, -0.15) is 0 Å². The van der Waals surface area contributed by atoms with Crippen LogP contribution in [-0.4, -0.2) is 11.7 Å². The number of hydrogen-bond donors (Lipinski definition) is 3. The smallest absolute Gasteiger partial charge is 0.0487 e. The molecular formula is C9H14N2O. The van der Waals surface area contributed by atoms with Gasteiger partial charge in [0.1, 0.15) is 0 Å². The number of nitrogens with two attached hydrogens (primary N) is 1. The van der Waals surface area contributed by atoms with Crippen LogP contribution in [-0.2, 0) is 6.42 Å². The number of aryl methyl sites for hydroxylation is 1. The summed E-state index contributed by atoms with van der Waals surface area (Å²) in [5.41, 5.74) is 5.79. The molecule has 0 saturated heterocycles. The molecule has 12 heavy (non-hydrogen) atoms. The predicted molar refractivity (Wildman–Crippen MR) is 49.8 cm³/mol. The molecule has 0 radical (unpaired) electrons. The van der Waals surface area contributed by atoms with E-state index in [2.05, 4.69) is 5.43 Å². The zero-order chi connectivity index (χ0) is 8.97. The van der Waals surface area contributed by atoms with Crippen molar-refractivity contribution in [3.63, 3.8) is 0 Å². The summed E-state index contributed by atoms with van der Waals surface area (Å²) in [5, 5.41) is 8.73. The zero-order valence-corrected chi connectivity index (χ0v) is 7.17. The lowest BCUT2D eigenvalue weighted by molar-refractivity contribution is 0.299. The van der Waals surface area contributed by atoms with Gasteiger partial charge in [-0.1, -0.05) is 6.07 Å². The number of aliphatic hydroxyl groups is 1. The van der Waals surface area contributed by atoms with E-state index in [0.29, 0.717) is 6.42 Å². The molecule has 0 spiro atoms. The second-order valence-corrected chi connectivity index (χ2v) is 2.76. The topological polar surface area (TPSA) is 58.3 Å². The molecule has 0 heterocycles. The van der Waals surface area contributed by atoms with E-state index in [1.54, 1.807) is 0 Å². The average molecular weight is 166 g/mol. The van der Waals surface area contributed by atoms with Crippen LogP contribution in [0.3, 0.4) is 0 Å². The maximum atomic E-state index is 8.73. The Morgan fingerprint density at radius 2 is 2.25 bits per heavy atom. The number of hydrazine groups is 1. The number of hydrogen-bond acceptors (Lipinski definition) is 3. The van der Waals surface area contributed by atoms with Crippen LogP contribution in [0.25, 0.3) is 0 Å². The maximum Gasteiger partial charge on any atom is 0.0487 e. The van der Waals surface area contributed by atoms with Crippen LogP contribution in [0.4, 0.5) is 5.69 Å². The number of anilines is 1. The summed E-state index contributed by atoms with van der Waals surface area (Å²) in [6, 6.07) is 5.84. The van der Waals surface area contributed by atoms with Gasteiger partial charge in [-0.15, -0.1) is 0 Å². The first kappa shape index (κ1) is 9.03. The molecule has 0 bridgehead atoms. The number of rotatable bonds is 3. The molecule has 0 atom stereocenters. The van der Waals surface area contributed by atoms with Crippen LogP contribution in [0.1, 0.15) is 11.1 Å². The lowest BCUT2D eigenvalue weighted by atomic mass is 10.1. The SMILES string of the molecule is Cc1cc(NN)ccc1CCO. The van der Waals surface area contributed by atoms with Gasteiger partial charge in [-0.05, 0) is 36.6 Å². The third-order valence-corrected chi connectivity index (χ3v) is 1.89. The van der Waals surface area contributed by atoms with Gasteiger partial charge < -0.3 is 10.5 Å². The standard InChI is InChI=1S/C9H14N2O/c1-7-6-9(11-10)3-2-8(7)4-5-12/h2-3,6,11-12H,4-5,10H2,1H3. The minimum Gasteiger partial charge on any atom is -0.396 e. The Morgan fingerprint density at radius 3 is 2.75 bits per heavy atom. The van der Waals surface area contributed by atoms with E-state index in [9.17, 15) is 0 Å². The van der Waals surface area contributed by atoms with Gasteiger partial charge in [0, 0.05) is 12.3 Å². The Balaban J connectivity index is 2.87. The number of benzene rings is 1. The minimum atomic E-state index is 0.191. The van der Waals surface area contributed by atoms with E-state index >= 15 is 0 Å². The quantitative estimate of drug-likeness (QED) is 0.460. The van der Waals surface area contributed by atoms with Crippen molar-refractivity contribution in [3.05, 3.63) is 29.3 Å². The lowest BCUT2D eigenvalue weighted by Gasteiger charge is -2.06. The Kier molecular flexibility index (Phi) is 3.08. The van der Waals surface area contributed by atoms with Crippen molar-refractivity contribution in [2.45, 2.75) is 13.3 Å². The molecule has 0 aliphatic carbocycles. The molecule has 3 nitrogen and oxygen atoms in total. The highest BCUT2D eigenvalue weighted by Gasteiger charge is 1.97. The van der Waals surface area contributed by atoms with Crippen LogP contribution in [0, 0.1) is 6.92 Å². The summed E-state index contributed by atoms with van der Waals surface area (Å²) < 4.78 is 0. The number of aliphatic hydroxyl groups excluding tert-OH is 1. The second kappa shape index (κ2) is 4.09. The fourth-order valence-corrected chi connectivity index (χ4v) is 1.19. The summed E-state index contributed by atoms with van der Waals surface area (Å²) in [5.74, 6) is 5.24. The maximum absolute atomic E-state index is 8.73. The Morgan fingerprint density at radius 1 is 1.50 bits per heavy atom. The molecule has 1 aromatic rings. The Labute approximate surface area is 72.2 Å². The molecular weight excluding hydrogens is 152 g/mol. The number of nitrogen functional groups attached to an aromatic ring is 1. The van der Waals surface area contributed by atoms with Crippen LogP contribution in [0.5, 0.6) is 0 Å². The van der Waals surface area contributed by atoms with E-state index in [1.807, 2.05) is 25.1 Å². The molecule has 3 heteroatoms. The molecule has 1 rings (SSSR count). The molecule has 1 aromatic carbocycles. The van der Waals surface area contributed by atoms with Crippen LogP contribution in [0.2, 0.25) is 0 Å². The fourth-order valence-electron chi connectivity index (χ4n) is 1.19. The van der Waals surface area contributed by atoms with Crippen molar-refractivity contribution < 1.29 is 5.11 Å². The summed E-state index contributed by atoms with van der Waals surface area (Å²) >= 11 is 0. The normalized spacial score (nSPS) is 9.92. The van der Waals surface area contributed by atoms with Gasteiger partial charge in [-0.3, -0.25) is 5.84 Å². The average Bonchev–Trinajstić information content (AvgIpc) is 2.09. The minimum absolute atomic E-state index is 0.191. The Bertz CT molecular complexity index is 261. The third kappa shape index (κ3) is 1.96. The van der Waals surface area contributed by atoms with E-state index in [0.717, 1.165) is 16.8 Å². The van der Waals surface area contributed by atoms with Gasteiger partial charge in [0.05, 0.1) is 0 Å². The van der Waals surface area contributed by atoms with Crippen LogP contribution < -0.4 is 11.3 Å². The highest BCUT2D eigenvalue weighted by molar-refractivity contribution is 5.47. The molecule has 0 saturated carbocycles. The molecule has 66 valence electrons. The van der Waals surface area contributed by atoms with Crippen molar-refractivity contribution >= 4 is 5.69 Å². The summed E-state index contributed by atoms with van der Waals surface area (Å²) in [4.78, 5) is 0. The highest BCUT2D eigenvalue weighted by atomic mass is 16.2. The highest BCUT2D eigenvalue weighted by Crippen LogP contribution is 2.14. The predicted octanol–water partition coefficient (Wildman–Crippen LogP) is 0.815. The van der Waals surface area contributed by atoms with Gasteiger partial charge in [0.15, 0.2) is 0 Å². The monoisotopic (exact) mass is 166 g/mol. The van der Waals surface area contributed by atoms with Gasteiger partial charge in [0.25, 0.3) is 0 Å². The lowest BCUT2D eigenvalue weighted by Crippen LogP contribution is -2.07. The van der Waals surface area contributed by atoms with Crippen LogP contribution in [0.15, 0.2) is 18.2 Å². The van der Waals surface area contributed by atoms with Crippen LogP contribution >= 0.6 is 0 Å². The first-order valence-electron chi connectivity index (χ1n) is 3.95. The molecule has 4 N–H and O–H groups in total. The first-order valence-corrected chi connectivity index (χ1v) is 3.95. The third-order valence-electron chi connectivity index (χ3n) is 1.89. The summed E-state index contributed by atoms with van der Waals surface area (Å²) in [6.45, 7) is 2.20. The molecule has 0 amide bonds. The van der Waals surface area contributed by atoms with Gasteiger partial charge in [0.2, 0.25) is 0 Å². The van der Waals surface area contributed by atoms with Crippen molar-refractivity contribution in [2.75, 3.05) is 12.0 Å². The fraction of sp³-hybridized carbons (Fsp3) is 0.333. The molecule has 0 unspecified atom stereocenters. The van der Waals surface area contributed by atoms with Gasteiger partial charge >= 0.3 is 0 Å². The molecule has 0 aromatic heterocycles. The molecule has 0 fully saturated rings. The largest absolute Gasteiger partial charge is 0.396 e. The van der Waals surface area contributed by atoms with E-state index in [-0.39, 0.29) is 6.61 Å². The number of nitrogens with one attached hydrogen (secondary N) is 1. The summed E-state index contributed by atoms with van der Waals surface area (Å²) in [6.07, 6.45) is 0.705. The second-order valence-electron chi connectivity index (χ2n) is 2.76. The zero-order valence-electron chi connectivity index (χ0n) is 7.17. The summed E-state index contributed by atoms with van der Waals surface area (Å²) in [7, 11) is 0. The van der Waals surface area contributed by atoms with E-state index < -0.39 is 0 Å². The van der Waals surface area contributed by atoms with Crippen molar-refractivity contribution in [2.24, 2.45) is 5.84 Å². The van der Waals surface area contributed by atoms with Gasteiger partial charge in [-0.25, -0.2) is 0 Å². The van der Waals surface area contributed by atoms with Crippen molar-refractivity contribution in [1.29, 1.82) is 0 Å².